The van der Waals surface area contributed by atoms with Gasteiger partial charge < -0.3 is 10.1 Å². The number of piperidine rings is 2. The van der Waals surface area contributed by atoms with Gasteiger partial charge in [-0.25, -0.2) is 17.7 Å². The second-order valence-electron chi connectivity index (χ2n) is 8.70. The first-order valence-corrected chi connectivity index (χ1v) is 14.3. The van der Waals surface area contributed by atoms with Gasteiger partial charge in [0.2, 0.25) is 0 Å². The largest absolute Gasteiger partial charge is 0.490 e. The molecule has 2 aliphatic heterocycles. The van der Waals surface area contributed by atoms with Crippen molar-refractivity contribution in [3.05, 3.63) is 57.0 Å². The van der Waals surface area contributed by atoms with Crippen molar-refractivity contribution >= 4 is 55.2 Å². The molecule has 2 heterocycles. The van der Waals surface area contributed by atoms with Crippen LogP contribution in [0, 0.1) is 0 Å². The predicted octanol–water partition coefficient (Wildman–Crippen LogP) is 4.96. The number of quaternary nitrogens is 1. The van der Waals surface area contributed by atoms with Gasteiger partial charge in [-0.15, -0.1) is 0 Å². The molecule has 11 heteroatoms. The summed E-state index contributed by atoms with van der Waals surface area (Å²) in [6.07, 6.45) is 2.75. The monoisotopic (exact) mass is 590 g/mol. The molecule has 2 aliphatic rings. The maximum atomic E-state index is 13.6. The van der Waals surface area contributed by atoms with E-state index >= 15 is 0 Å². The number of rotatable bonds is 5. The third kappa shape index (κ3) is 5.55. The smallest absolute Gasteiger partial charge is 0.430 e. The minimum absolute atomic E-state index is 0.0431. The van der Waals surface area contributed by atoms with Crippen LogP contribution in [0.2, 0.25) is 10.0 Å². The van der Waals surface area contributed by atoms with E-state index in [9.17, 15) is 13.2 Å². The van der Waals surface area contributed by atoms with Crippen LogP contribution < -0.4 is 14.8 Å². The lowest BCUT2D eigenvalue weighted by Crippen LogP contribution is -2.68. The number of halogens is 3. The van der Waals surface area contributed by atoms with E-state index in [-0.39, 0.29) is 21.5 Å². The van der Waals surface area contributed by atoms with Crippen LogP contribution in [-0.2, 0) is 10.0 Å². The van der Waals surface area contributed by atoms with Gasteiger partial charge in [-0.1, -0.05) is 35.3 Å². The Morgan fingerprint density at radius 1 is 1.03 bits per heavy atom. The number of nitrogens with zero attached hydrogens (tertiary/aromatic N) is 1. The number of nitrogens with one attached hydrogen (secondary N) is 2. The maximum absolute atomic E-state index is 13.6. The Morgan fingerprint density at radius 3 is 2.35 bits per heavy atom. The van der Waals surface area contributed by atoms with Crippen molar-refractivity contribution in [3.63, 3.8) is 0 Å². The Hall–Kier alpha value is -1.36. The zero-order valence-electron chi connectivity index (χ0n) is 18.5. The molecule has 0 saturated carbocycles. The topological polar surface area (TPSA) is 84.5 Å². The Kier molecular flexibility index (Phi) is 8.11. The fraction of sp³-hybridized carbons (Fsp3) is 0.435. The molecule has 2 amide bonds. The lowest BCUT2D eigenvalue weighted by atomic mass is 9.96. The molecule has 2 saturated heterocycles. The molecule has 0 bridgehead atoms. The van der Waals surface area contributed by atoms with E-state index in [0.29, 0.717) is 46.2 Å². The molecule has 0 aromatic heterocycles. The van der Waals surface area contributed by atoms with Crippen LogP contribution in [0.25, 0.3) is 0 Å². The summed E-state index contributed by atoms with van der Waals surface area (Å²) in [5.74, 6) is 0.627. The van der Waals surface area contributed by atoms with Gasteiger partial charge in [0.15, 0.2) is 0 Å². The second-order valence-corrected chi connectivity index (χ2v) is 12.0. The van der Waals surface area contributed by atoms with E-state index in [4.69, 9.17) is 27.9 Å². The highest BCUT2D eigenvalue weighted by Crippen LogP contribution is 2.33. The Labute approximate surface area is 218 Å². The van der Waals surface area contributed by atoms with Gasteiger partial charge in [-0.2, -0.15) is 4.72 Å². The van der Waals surface area contributed by atoms with Gasteiger partial charge in [-0.3, -0.25) is 0 Å². The molecule has 7 nitrogen and oxygen atoms in total. The number of likely N-dealkylation sites (tertiary alicyclic amines) is 1. The molecule has 2 aromatic rings. The van der Waals surface area contributed by atoms with Gasteiger partial charge in [0.25, 0.3) is 10.0 Å². The average molecular weight is 592 g/mol. The van der Waals surface area contributed by atoms with Crippen LogP contribution in [0.3, 0.4) is 0 Å². The molecule has 184 valence electrons. The minimum Gasteiger partial charge on any atom is -0.490 e. The van der Waals surface area contributed by atoms with Crippen molar-refractivity contribution in [2.45, 2.75) is 42.7 Å². The summed E-state index contributed by atoms with van der Waals surface area (Å²) in [6, 6.07) is 11.2. The summed E-state index contributed by atoms with van der Waals surface area (Å²) in [5, 5.41) is 4.21. The third-order valence-corrected chi connectivity index (χ3v) is 9.73. The molecule has 4 rings (SSSR count). The molecule has 0 radical (unpaired) electrons. The first kappa shape index (κ1) is 25.7. The number of carbonyl (C=O) groups is 1. The number of amides is 2. The van der Waals surface area contributed by atoms with E-state index in [2.05, 4.69) is 26.0 Å². The van der Waals surface area contributed by atoms with Crippen molar-refractivity contribution in [2.24, 2.45) is 0 Å². The zero-order chi connectivity index (χ0) is 24.3. The van der Waals surface area contributed by atoms with E-state index in [1.54, 1.807) is 36.4 Å². The summed E-state index contributed by atoms with van der Waals surface area (Å²) in [5.41, 5.74) is 0. The van der Waals surface area contributed by atoms with E-state index in [1.807, 2.05) is 0 Å². The minimum atomic E-state index is -4.02. The quantitative estimate of drug-likeness (QED) is 0.480. The van der Waals surface area contributed by atoms with Crippen molar-refractivity contribution in [3.8, 4) is 5.75 Å². The number of sulfonamides is 1. The summed E-state index contributed by atoms with van der Waals surface area (Å²) >= 11 is 15.4. The molecule has 0 spiro atoms. The first-order chi connectivity index (χ1) is 16.2. The highest BCUT2D eigenvalue weighted by molar-refractivity contribution is 9.10. The lowest BCUT2D eigenvalue weighted by Gasteiger charge is -2.47. The Balaban J connectivity index is 1.52. The molecular formula is C23H27BrCl2N3O4S+. The summed E-state index contributed by atoms with van der Waals surface area (Å²) in [7, 11) is -4.02. The number of carbonyl (C=O) groups excluding carboxylic acids is 1. The fourth-order valence-corrected chi connectivity index (χ4v) is 7.14. The highest BCUT2D eigenvalue weighted by Gasteiger charge is 2.49. The van der Waals surface area contributed by atoms with Crippen LogP contribution in [0.15, 0.2) is 51.8 Å². The van der Waals surface area contributed by atoms with Gasteiger partial charge >= 0.3 is 6.03 Å². The Bertz CT molecular complexity index is 1150. The zero-order valence-corrected chi connectivity index (χ0v) is 22.4. The van der Waals surface area contributed by atoms with Crippen molar-refractivity contribution < 1.29 is 22.4 Å². The standard InChI is InChI=1S/C23H26BrCl2N3O4S/c24-19-3-1-2-4-22(19)34(31,32)28-23(30)29(16-7-11-27-12-8-16)13-9-17(10-14-29)33-18-5-6-20(25)21(26)15-18/h1-6,15-17,27H,7-14H2/p+1. The van der Waals surface area contributed by atoms with Gasteiger partial charge in [0.05, 0.1) is 29.2 Å². The van der Waals surface area contributed by atoms with Crippen molar-refractivity contribution in [1.82, 2.24) is 10.0 Å². The van der Waals surface area contributed by atoms with Crippen molar-refractivity contribution in [2.75, 3.05) is 26.2 Å². The highest BCUT2D eigenvalue weighted by atomic mass is 79.9. The normalized spacial score (nSPS) is 23.9. The summed E-state index contributed by atoms with van der Waals surface area (Å²) < 4.78 is 35.1. The van der Waals surface area contributed by atoms with Crippen LogP contribution in [-0.4, -0.2) is 57.3 Å². The Morgan fingerprint density at radius 2 is 1.71 bits per heavy atom. The van der Waals surface area contributed by atoms with Crippen LogP contribution in [0.5, 0.6) is 5.75 Å². The van der Waals surface area contributed by atoms with Gasteiger partial charge in [-0.05, 0) is 40.2 Å². The summed E-state index contributed by atoms with van der Waals surface area (Å²) in [4.78, 5) is 13.7. The van der Waals surface area contributed by atoms with E-state index in [0.717, 1.165) is 25.9 Å². The second kappa shape index (κ2) is 10.7. The number of hydrogen-bond acceptors (Lipinski definition) is 5. The number of hydrogen-bond donors (Lipinski definition) is 2. The van der Waals surface area contributed by atoms with Crippen LogP contribution in [0.1, 0.15) is 25.7 Å². The molecular weight excluding hydrogens is 565 g/mol. The molecule has 2 fully saturated rings. The average Bonchev–Trinajstić information content (AvgIpc) is 2.82. The van der Waals surface area contributed by atoms with E-state index < -0.39 is 16.1 Å². The molecule has 0 unspecified atom stereocenters. The van der Waals surface area contributed by atoms with E-state index in [1.165, 1.54) is 6.07 Å². The predicted molar refractivity (Wildman–Crippen MR) is 136 cm³/mol. The fourth-order valence-electron chi connectivity index (χ4n) is 4.82. The number of ether oxygens (including phenoxy) is 1. The van der Waals surface area contributed by atoms with Gasteiger partial charge in [0, 0.05) is 49.3 Å². The number of benzene rings is 2. The van der Waals surface area contributed by atoms with Crippen LogP contribution in [0.4, 0.5) is 4.79 Å². The van der Waals surface area contributed by atoms with Gasteiger partial charge in [0.1, 0.15) is 16.7 Å². The molecule has 0 aliphatic carbocycles. The summed E-state index contributed by atoms with van der Waals surface area (Å²) in [6.45, 7) is 2.60. The lowest BCUT2D eigenvalue weighted by molar-refractivity contribution is -0.882. The molecule has 2 aromatic carbocycles. The van der Waals surface area contributed by atoms with Crippen LogP contribution >= 0.6 is 39.1 Å². The molecule has 2 N–H and O–H groups in total. The maximum Gasteiger partial charge on any atom is 0.430 e. The van der Waals surface area contributed by atoms with Crippen molar-refractivity contribution in [1.29, 1.82) is 0 Å². The first-order valence-electron chi connectivity index (χ1n) is 11.2. The molecule has 0 atom stereocenters. The third-order valence-electron chi connectivity index (χ3n) is 6.65. The SMILES string of the molecule is O=C(NS(=O)(=O)c1ccccc1Br)[N+]1(C2CCNCC2)CCC(Oc2ccc(Cl)c(Cl)c2)CC1. The number of urea groups is 1. The molecule has 34 heavy (non-hydrogen) atoms.